The van der Waals surface area contributed by atoms with Crippen LogP contribution in [0.15, 0.2) is 60.7 Å². The third-order valence-corrected chi connectivity index (χ3v) is 6.72. The molecule has 0 amide bonds. The smallest absolute Gasteiger partial charge is 0.139 e. The van der Waals surface area contributed by atoms with Gasteiger partial charge in [0.05, 0.1) is 39.6 Å². The molecule has 0 aliphatic carbocycles. The average molecular weight is 549 g/mol. The molecule has 0 aromatic heterocycles. The summed E-state index contributed by atoms with van der Waals surface area (Å²) in [4.78, 5) is 3.07. The normalized spacial score (nSPS) is 17.4. The van der Waals surface area contributed by atoms with Gasteiger partial charge in [0.1, 0.15) is 50.5 Å². The molecule has 0 saturated carbocycles. The first-order valence-corrected chi connectivity index (χ1v) is 14.5. The van der Waals surface area contributed by atoms with Crippen LogP contribution in [0, 0.1) is 23.7 Å². The van der Waals surface area contributed by atoms with Crippen LogP contribution in [0.2, 0.25) is 0 Å². The Morgan fingerprint density at radius 2 is 0.950 bits per heavy atom. The SMILES string of the molecule is CC(C)(C#CC[NH+]1CC[NH+](CC#CC(C)(C)OCCOCc2ccccc2)CC1)OCCOCc1ccccc1. The second-order valence-corrected chi connectivity index (χ2v) is 11.3. The van der Waals surface area contributed by atoms with Gasteiger partial charge in [0, 0.05) is 0 Å². The Hall–Kier alpha value is -2.68. The van der Waals surface area contributed by atoms with Crippen molar-refractivity contribution in [2.75, 3.05) is 65.7 Å². The van der Waals surface area contributed by atoms with Gasteiger partial charge in [-0.25, -0.2) is 0 Å². The number of benzene rings is 2. The summed E-state index contributed by atoms with van der Waals surface area (Å²) < 4.78 is 23.3. The molecular formula is C34H48N2O4+2. The number of hydrogen-bond acceptors (Lipinski definition) is 4. The van der Waals surface area contributed by atoms with Gasteiger partial charge in [-0.05, 0) is 50.7 Å². The van der Waals surface area contributed by atoms with Gasteiger partial charge in [-0.2, -0.15) is 0 Å². The number of ether oxygens (including phenoxy) is 4. The Kier molecular flexibility index (Phi) is 13.7. The second kappa shape index (κ2) is 17.2. The second-order valence-electron chi connectivity index (χ2n) is 11.3. The Morgan fingerprint density at radius 1 is 0.575 bits per heavy atom. The van der Waals surface area contributed by atoms with Gasteiger partial charge in [-0.1, -0.05) is 72.5 Å². The fourth-order valence-electron chi connectivity index (χ4n) is 4.39. The summed E-state index contributed by atoms with van der Waals surface area (Å²) in [6.07, 6.45) is 0. The molecule has 1 heterocycles. The molecule has 0 unspecified atom stereocenters. The van der Waals surface area contributed by atoms with E-state index in [9.17, 15) is 0 Å². The van der Waals surface area contributed by atoms with E-state index >= 15 is 0 Å². The van der Waals surface area contributed by atoms with E-state index in [-0.39, 0.29) is 0 Å². The lowest BCUT2D eigenvalue weighted by molar-refractivity contribution is -1.01. The van der Waals surface area contributed by atoms with E-state index in [1.54, 1.807) is 0 Å². The third kappa shape index (κ3) is 13.6. The van der Waals surface area contributed by atoms with E-state index < -0.39 is 11.2 Å². The Balaban J connectivity index is 1.24. The van der Waals surface area contributed by atoms with Crippen LogP contribution in [0.5, 0.6) is 0 Å². The first kappa shape index (κ1) is 31.8. The van der Waals surface area contributed by atoms with Crippen molar-refractivity contribution in [3.05, 3.63) is 71.8 Å². The largest absolute Gasteiger partial charge is 0.374 e. The molecule has 0 radical (unpaired) electrons. The van der Waals surface area contributed by atoms with Crippen molar-refractivity contribution in [3.63, 3.8) is 0 Å². The molecule has 1 saturated heterocycles. The summed E-state index contributed by atoms with van der Waals surface area (Å²) in [5.74, 6) is 13.3. The van der Waals surface area contributed by atoms with E-state index in [1.165, 1.54) is 20.9 Å². The fourth-order valence-corrected chi connectivity index (χ4v) is 4.39. The van der Waals surface area contributed by atoms with Gasteiger partial charge in [0.2, 0.25) is 0 Å². The Morgan fingerprint density at radius 3 is 1.32 bits per heavy atom. The van der Waals surface area contributed by atoms with Crippen LogP contribution in [-0.4, -0.2) is 76.9 Å². The van der Waals surface area contributed by atoms with Gasteiger partial charge in [-0.3, -0.25) is 0 Å². The quantitative estimate of drug-likeness (QED) is 0.279. The van der Waals surface area contributed by atoms with Crippen LogP contribution in [0.4, 0.5) is 0 Å². The minimum atomic E-state index is -0.471. The van der Waals surface area contributed by atoms with E-state index in [0.29, 0.717) is 39.6 Å². The topological polar surface area (TPSA) is 45.8 Å². The van der Waals surface area contributed by atoms with Gasteiger partial charge in [-0.15, -0.1) is 0 Å². The van der Waals surface area contributed by atoms with Gasteiger partial charge >= 0.3 is 0 Å². The molecule has 40 heavy (non-hydrogen) atoms. The van der Waals surface area contributed by atoms with Crippen molar-refractivity contribution in [1.29, 1.82) is 0 Å². The zero-order chi connectivity index (χ0) is 28.5. The molecule has 2 aromatic carbocycles. The number of nitrogens with one attached hydrogen (secondary N) is 2. The zero-order valence-electron chi connectivity index (χ0n) is 24.9. The summed E-state index contributed by atoms with van der Waals surface area (Å²) in [6.45, 7) is 17.6. The molecule has 6 nitrogen and oxygen atoms in total. The Labute approximate surface area is 241 Å². The lowest BCUT2D eigenvalue weighted by atomic mass is 10.1. The highest BCUT2D eigenvalue weighted by Gasteiger charge is 2.22. The van der Waals surface area contributed by atoms with Crippen LogP contribution in [0.1, 0.15) is 38.8 Å². The monoisotopic (exact) mass is 548 g/mol. The van der Waals surface area contributed by atoms with Gasteiger partial charge in [0.25, 0.3) is 0 Å². The zero-order valence-corrected chi connectivity index (χ0v) is 24.9. The molecule has 2 N–H and O–H groups in total. The van der Waals surface area contributed by atoms with Crippen molar-refractivity contribution in [3.8, 4) is 23.7 Å². The number of hydrogen-bond donors (Lipinski definition) is 2. The predicted octanol–water partition coefficient (Wildman–Crippen LogP) is 1.80. The highest BCUT2D eigenvalue weighted by atomic mass is 16.5. The molecule has 3 rings (SSSR count). The maximum atomic E-state index is 5.96. The molecule has 0 bridgehead atoms. The van der Waals surface area contributed by atoms with E-state index in [1.807, 2.05) is 64.1 Å². The standard InChI is InChI=1S/C34H46N2O4/c1-33(2,39-27-25-37-29-31-13-7-5-8-14-31)17-11-19-35-21-23-36(24-22-35)20-12-18-34(3,4)40-28-26-38-30-32-15-9-6-10-16-32/h5-10,13-16H,19-30H2,1-4H3/p+2. The molecule has 216 valence electrons. The molecule has 1 fully saturated rings. The van der Waals surface area contributed by atoms with E-state index in [2.05, 4.69) is 47.9 Å². The van der Waals surface area contributed by atoms with Crippen LogP contribution in [-0.2, 0) is 32.2 Å². The predicted molar refractivity (Wildman–Crippen MR) is 159 cm³/mol. The molecule has 1 aliphatic heterocycles. The highest BCUT2D eigenvalue weighted by molar-refractivity contribution is 5.14. The minimum absolute atomic E-state index is 0.471. The summed E-state index contributed by atoms with van der Waals surface area (Å²) in [6, 6.07) is 20.4. The van der Waals surface area contributed by atoms with Crippen LogP contribution >= 0.6 is 0 Å². The Bertz CT molecular complexity index is 999. The molecule has 0 spiro atoms. The van der Waals surface area contributed by atoms with E-state index in [4.69, 9.17) is 18.9 Å². The lowest BCUT2D eigenvalue weighted by Crippen LogP contribution is -3.28. The molecule has 2 aromatic rings. The highest BCUT2D eigenvalue weighted by Crippen LogP contribution is 2.08. The fraction of sp³-hybridized carbons (Fsp3) is 0.529. The van der Waals surface area contributed by atoms with Gasteiger partial charge in [0.15, 0.2) is 0 Å². The average Bonchev–Trinajstić information content (AvgIpc) is 2.94. The van der Waals surface area contributed by atoms with E-state index in [0.717, 1.165) is 39.3 Å². The number of quaternary nitrogens is 2. The van der Waals surface area contributed by atoms with Crippen LogP contribution < -0.4 is 9.80 Å². The molecule has 6 heteroatoms. The summed E-state index contributed by atoms with van der Waals surface area (Å²) in [5, 5.41) is 0. The van der Waals surface area contributed by atoms with Crippen molar-refractivity contribution in [1.82, 2.24) is 0 Å². The van der Waals surface area contributed by atoms with Crippen LogP contribution in [0.25, 0.3) is 0 Å². The first-order chi connectivity index (χ1) is 19.3. The number of rotatable bonds is 14. The van der Waals surface area contributed by atoms with Crippen molar-refractivity contribution in [2.45, 2.75) is 52.1 Å². The van der Waals surface area contributed by atoms with Crippen molar-refractivity contribution >= 4 is 0 Å². The molecule has 1 aliphatic rings. The lowest BCUT2D eigenvalue weighted by Gasteiger charge is -2.27. The number of piperazine rings is 1. The molecule has 0 atom stereocenters. The summed E-state index contributed by atoms with van der Waals surface area (Å²) in [7, 11) is 0. The summed E-state index contributed by atoms with van der Waals surface area (Å²) in [5.41, 5.74) is 1.41. The van der Waals surface area contributed by atoms with Crippen LogP contribution in [0.3, 0.4) is 0 Å². The third-order valence-electron chi connectivity index (χ3n) is 6.72. The summed E-state index contributed by atoms with van der Waals surface area (Å²) >= 11 is 0. The first-order valence-electron chi connectivity index (χ1n) is 14.5. The molecular weight excluding hydrogens is 500 g/mol. The maximum absolute atomic E-state index is 5.96. The van der Waals surface area contributed by atoms with Gasteiger partial charge < -0.3 is 28.7 Å². The van der Waals surface area contributed by atoms with Crippen molar-refractivity contribution in [2.24, 2.45) is 0 Å². The van der Waals surface area contributed by atoms with Crippen molar-refractivity contribution < 1.29 is 28.7 Å². The maximum Gasteiger partial charge on any atom is 0.139 e. The minimum Gasteiger partial charge on any atom is -0.374 e.